The minimum Gasteiger partial charge on any atom is -0.466 e. The van der Waals surface area contributed by atoms with Gasteiger partial charge in [0.05, 0.1) is 18.4 Å². The van der Waals surface area contributed by atoms with Crippen LogP contribution in [-0.2, 0) is 16.0 Å². The number of benzene rings is 1. The van der Waals surface area contributed by atoms with Crippen LogP contribution in [0.15, 0.2) is 28.7 Å². The molecular weight excluding hydrogens is 390 g/mol. The van der Waals surface area contributed by atoms with Crippen LogP contribution in [0, 0.1) is 0 Å². The Bertz CT molecular complexity index is 878. The molecule has 2 rings (SSSR count). The number of carbonyl (C=O) groups is 1. The van der Waals surface area contributed by atoms with Gasteiger partial charge in [0, 0.05) is 15.3 Å². The van der Waals surface area contributed by atoms with Crippen molar-refractivity contribution in [1.82, 2.24) is 4.98 Å². The maximum absolute atomic E-state index is 12.0. The molecule has 3 nitrogen and oxygen atoms in total. The Kier molecular flexibility index (Phi) is 6.58. The fourth-order valence-corrected chi connectivity index (χ4v) is 3.28. The van der Waals surface area contributed by atoms with Crippen LogP contribution in [0.2, 0.25) is 5.15 Å². The largest absolute Gasteiger partial charge is 0.466 e. The lowest BCUT2D eigenvalue weighted by Crippen LogP contribution is -2.32. The molecule has 0 aliphatic heterocycles. The topological polar surface area (TPSA) is 39.2 Å². The summed E-state index contributed by atoms with van der Waals surface area (Å²) < 4.78 is 6.05. The Hall–Kier alpha value is -1.65. The Morgan fingerprint density at radius 1 is 1.33 bits per heavy atom. The molecule has 0 aliphatic carbocycles. The van der Waals surface area contributed by atoms with Crippen LogP contribution in [0.5, 0.6) is 0 Å². The van der Waals surface area contributed by atoms with E-state index in [1.807, 2.05) is 50.3 Å². The number of hydrogen-bond acceptors (Lipinski definition) is 3. The van der Waals surface area contributed by atoms with Gasteiger partial charge in [-0.2, -0.15) is 0 Å². The van der Waals surface area contributed by atoms with E-state index in [0.29, 0.717) is 17.3 Å². The van der Waals surface area contributed by atoms with Crippen LogP contribution in [-0.4, -0.2) is 17.6 Å². The summed E-state index contributed by atoms with van der Waals surface area (Å²) in [5.74, 6) is -0.312. The van der Waals surface area contributed by atoms with Crippen molar-refractivity contribution in [3.05, 3.63) is 50.0 Å². The monoisotopic (exact) mass is 407 g/mol. The molecule has 0 aliphatic rings. The van der Waals surface area contributed by atoms with Gasteiger partial charge in [0.15, 0.2) is 0 Å². The summed E-state index contributed by atoms with van der Waals surface area (Å²) in [6, 6.07) is 7.92. The zero-order valence-corrected chi connectivity index (χ0v) is 16.2. The number of halogens is 2. The second-order valence-electron chi connectivity index (χ2n) is 5.12. The molecule has 126 valence electrons. The molecule has 0 saturated heterocycles. The molecule has 0 bridgehead atoms. The fraction of sp³-hybridized carbons (Fsp3) is 0.263. The molecule has 5 heteroatoms. The summed E-state index contributed by atoms with van der Waals surface area (Å²) in [6.45, 7) is 5.99. The second kappa shape index (κ2) is 8.45. The molecule has 1 heterocycles. The highest BCUT2D eigenvalue weighted by Crippen LogP contribution is 2.27. The minimum atomic E-state index is -0.312. The van der Waals surface area contributed by atoms with Crippen molar-refractivity contribution in [2.75, 3.05) is 6.61 Å². The summed E-state index contributed by atoms with van der Waals surface area (Å²) in [5, 5.41) is 2.08. The highest BCUT2D eigenvalue weighted by Gasteiger charge is 2.17. The maximum atomic E-state index is 12.0. The zero-order chi connectivity index (χ0) is 17.7. The summed E-state index contributed by atoms with van der Waals surface area (Å²) in [4.78, 5) is 16.5. The molecule has 0 atom stereocenters. The van der Waals surface area contributed by atoms with E-state index >= 15 is 0 Å². The van der Waals surface area contributed by atoms with Crippen molar-refractivity contribution in [2.45, 2.75) is 27.2 Å². The number of carbonyl (C=O) groups excluding carboxylic acids is 1. The highest BCUT2D eigenvalue weighted by molar-refractivity contribution is 9.10. The van der Waals surface area contributed by atoms with Crippen LogP contribution in [0.25, 0.3) is 23.3 Å². The van der Waals surface area contributed by atoms with Crippen LogP contribution in [0.1, 0.15) is 26.3 Å². The first-order chi connectivity index (χ1) is 11.5. The van der Waals surface area contributed by atoms with Gasteiger partial charge in [-0.05, 0) is 44.0 Å². The van der Waals surface area contributed by atoms with Crippen molar-refractivity contribution >= 4 is 45.7 Å². The number of rotatable bonds is 4. The first-order valence-electron chi connectivity index (χ1n) is 7.74. The average Bonchev–Trinajstić information content (AvgIpc) is 2.56. The van der Waals surface area contributed by atoms with Gasteiger partial charge in [0.1, 0.15) is 5.15 Å². The number of esters is 1. The van der Waals surface area contributed by atoms with Gasteiger partial charge in [-0.3, -0.25) is 4.79 Å². The van der Waals surface area contributed by atoms with E-state index in [9.17, 15) is 4.79 Å². The van der Waals surface area contributed by atoms with Crippen LogP contribution in [0.3, 0.4) is 0 Å². The lowest BCUT2D eigenvalue weighted by molar-refractivity contribution is -0.142. The van der Waals surface area contributed by atoms with Crippen molar-refractivity contribution in [2.24, 2.45) is 0 Å². The van der Waals surface area contributed by atoms with E-state index in [1.54, 1.807) is 6.92 Å². The molecular formula is C19H19BrClNO2. The van der Waals surface area contributed by atoms with E-state index in [1.165, 1.54) is 0 Å². The maximum Gasteiger partial charge on any atom is 0.310 e. The van der Waals surface area contributed by atoms with Crippen LogP contribution < -0.4 is 10.6 Å². The van der Waals surface area contributed by atoms with Gasteiger partial charge in [-0.1, -0.05) is 51.8 Å². The van der Waals surface area contributed by atoms with Gasteiger partial charge in [0.25, 0.3) is 0 Å². The molecule has 1 aromatic heterocycles. The third-order valence-corrected chi connectivity index (χ3v) is 4.42. The van der Waals surface area contributed by atoms with Gasteiger partial charge in [-0.25, -0.2) is 4.98 Å². The Morgan fingerprint density at radius 2 is 2.08 bits per heavy atom. The van der Waals surface area contributed by atoms with Crippen molar-refractivity contribution in [3.8, 4) is 11.1 Å². The molecule has 0 spiro atoms. The summed E-state index contributed by atoms with van der Waals surface area (Å²) in [7, 11) is 0. The number of aromatic nitrogens is 1. The minimum absolute atomic E-state index is 0.0896. The van der Waals surface area contributed by atoms with Gasteiger partial charge >= 0.3 is 5.97 Å². The molecule has 24 heavy (non-hydrogen) atoms. The Labute approximate surface area is 155 Å². The third kappa shape index (κ3) is 4.05. The predicted molar refractivity (Wildman–Crippen MR) is 102 cm³/mol. The average molecular weight is 409 g/mol. The summed E-state index contributed by atoms with van der Waals surface area (Å²) >= 11 is 9.91. The smallest absolute Gasteiger partial charge is 0.310 e. The van der Waals surface area contributed by atoms with Crippen molar-refractivity contribution in [3.63, 3.8) is 0 Å². The van der Waals surface area contributed by atoms with E-state index in [-0.39, 0.29) is 12.4 Å². The van der Waals surface area contributed by atoms with Gasteiger partial charge in [0.2, 0.25) is 0 Å². The second-order valence-corrected chi connectivity index (χ2v) is 6.40. The third-order valence-electron chi connectivity index (χ3n) is 3.62. The fourth-order valence-electron chi connectivity index (χ4n) is 2.63. The number of ether oxygens (including phenoxy) is 1. The van der Waals surface area contributed by atoms with Crippen molar-refractivity contribution in [1.29, 1.82) is 0 Å². The van der Waals surface area contributed by atoms with E-state index in [4.69, 9.17) is 16.3 Å². The van der Waals surface area contributed by atoms with Crippen LogP contribution in [0.4, 0.5) is 0 Å². The SMILES string of the molecule is CC=c1nc(Cl)c(CC(=O)OCC)c(-c2cccc(Br)c2)c1=CC. The zero-order valence-electron chi connectivity index (χ0n) is 13.9. The number of nitrogens with zero attached hydrogens (tertiary/aromatic N) is 1. The number of pyridine rings is 1. The molecule has 1 aromatic carbocycles. The van der Waals surface area contributed by atoms with Gasteiger partial charge in [-0.15, -0.1) is 0 Å². The van der Waals surface area contributed by atoms with Gasteiger partial charge < -0.3 is 4.74 Å². The first kappa shape index (κ1) is 18.7. The number of hydrogen-bond donors (Lipinski definition) is 0. The molecule has 0 fully saturated rings. The highest BCUT2D eigenvalue weighted by atomic mass is 79.9. The molecule has 0 radical (unpaired) electrons. The quantitative estimate of drug-likeness (QED) is 0.569. The standard InChI is InChI=1S/C19H19BrClNO2/c1-4-14-16(5-2)22-19(21)15(11-17(23)24-6-3)18(14)12-8-7-9-13(20)10-12/h4-5,7-10H,6,11H2,1-3H3. The van der Waals surface area contributed by atoms with Crippen LogP contribution >= 0.6 is 27.5 Å². The summed E-state index contributed by atoms with van der Waals surface area (Å²) in [6.07, 6.45) is 3.99. The molecule has 0 amide bonds. The Balaban J connectivity index is 2.81. The summed E-state index contributed by atoms with van der Waals surface area (Å²) in [5.41, 5.74) is 2.58. The molecule has 0 N–H and O–H groups in total. The normalized spacial score (nSPS) is 12.5. The first-order valence-corrected chi connectivity index (χ1v) is 8.91. The predicted octanol–water partition coefficient (Wildman–Crippen LogP) is 3.87. The van der Waals surface area contributed by atoms with Crippen molar-refractivity contribution < 1.29 is 9.53 Å². The lowest BCUT2D eigenvalue weighted by Gasteiger charge is -2.13. The van der Waals surface area contributed by atoms with E-state index < -0.39 is 0 Å². The molecule has 0 saturated carbocycles. The van der Waals surface area contributed by atoms with E-state index in [2.05, 4.69) is 20.9 Å². The lowest BCUT2D eigenvalue weighted by atomic mass is 9.96. The molecule has 2 aromatic rings. The van der Waals surface area contributed by atoms with E-state index in [0.717, 1.165) is 26.2 Å². The Morgan fingerprint density at radius 3 is 2.67 bits per heavy atom. The molecule has 0 unspecified atom stereocenters.